The fourth-order valence-electron chi connectivity index (χ4n) is 3.78. The zero-order valence-electron chi connectivity index (χ0n) is 10.8. The van der Waals surface area contributed by atoms with Crippen LogP contribution in [-0.2, 0) is 0 Å². The van der Waals surface area contributed by atoms with Gasteiger partial charge >= 0.3 is 0 Å². The van der Waals surface area contributed by atoms with E-state index in [1.807, 2.05) is 0 Å². The standard InChI is InChI=1S/C15H19NO2/c1-8-9-4-15(2,3)5-10(9)14(18)11-6-16-7-12(17)13(8)11/h6-7,9-10,14,17-18H,1,4-5H2,2-3H3/t9-,10-,14+/m1/s1. The number of aromatic nitrogens is 1. The van der Waals surface area contributed by atoms with E-state index >= 15 is 0 Å². The molecule has 0 amide bonds. The van der Waals surface area contributed by atoms with Gasteiger partial charge in [-0.1, -0.05) is 20.4 Å². The van der Waals surface area contributed by atoms with Crippen molar-refractivity contribution in [3.63, 3.8) is 0 Å². The molecule has 0 bridgehead atoms. The van der Waals surface area contributed by atoms with Crippen LogP contribution in [0.25, 0.3) is 5.57 Å². The van der Waals surface area contributed by atoms with Crippen molar-refractivity contribution in [2.75, 3.05) is 0 Å². The van der Waals surface area contributed by atoms with Crippen LogP contribution in [0.1, 0.15) is 43.9 Å². The van der Waals surface area contributed by atoms with E-state index in [1.54, 1.807) is 6.20 Å². The first-order valence-electron chi connectivity index (χ1n) is 6.45. The highest BCUT2D eigenvalue weighted by atomic mass is 16.3. The quantitative estimate of drug-likeness (QED) is 0.739. The van der Waals surface area contributed by atoms with Crippen LogP contribution in [0.4, 0.5) is 0 Å². The molecule has 0 aliphatic heterocycles. The van der Waals surface area contributed by atoms with Crippen LogP contribution >= 0.6 is 0 Å². The number of hydrogen-bond donors (Lipinski definition) is 2. The minimum absolute atomic E-state index is 0.139. The van der Waals surface area contributed by atoms with Gasteiger partial charge in [0.25, 0.3) is 0 Å². The summed E-state index contributed by atoms with van der Waals surface area (Å²) in [4.78, 5) is 3.98. The molecule has 0 unspecified atom stereocenters. The maximum Gasteiger partial charge on any atom is 0.141 e. The molecule has 3 nitrogen and oxygen atoms in total. The van der Waals surface area contributed by atoms with Crippen molar-refractivity contribution in [3.05, 3.63) is 30.1 Å². The topological polar surface area (TPSA) is 53.4 Å². The molecule has 2 aliphatic rings. The molecule has 1 fully saturated rings. The number of aliphatic hydroxyl groups is 1. The van der Waals surface area contributed by atoms with Crippen LogP contribution < -0.4 is 0 Å². The van der Waals surface area contributed by atoms with Gasteiger partial charge in [-0.05, 0) is 35.7 Å². The predicted molar refractivity (Wildman–Crippen MR) is 69.9 cm³/mol. The van der Waals surface area contributed by atoms with Crippen LogP contribution in [-0.4, -0.2) is 15.2 Å². The van der Waals surface area contributed by atoms with Crippen molar-refractivity contribution in [1.29, 1.82) is 0 Å². The number of aliphatic hydroxyl groups excluding tert-OH is 1. The summed E-state index contributed by atoms with van der Waals surface area (Å²) in [6.45, 7) is 8.62. The molecule has 1 saturated carbocycles. The van der Waals surface area contributed by atoms with Crippen molar-refractivity contribution in [3.8, 4) is 5.75 Å². The molecule has 96 valence electrons. The molecule has 1 heterocycles. The Morgan fingerprint density at radius 3 is 2.78 bits per heavy atom. The molecular formula is C15H19NO2. The largest absolute Gasteiger partial charge is 0.506 e. The smallest absolute Gasteiger partial charge is 0.141 e. The van der Waals surface area contributed by atoms with Crippen LogP contribution in [0.2, 0.25) is 0 Å². The lowest BCUT2D eigenvalue weighted by Gasteiger charge is -2.34. The summed E-state index contributed by atoms with van der Waals surface area (Å²) in [5.74, 6) is 0.624. The lowest BCUT2D eigenvalue weighted by atomic mass is 9.73. The Hall–Kier alpha value is -1.35. The molecule has 0 radical (unpaired) electrons. The monoisotopic (exact) mass is 245 g/mol. The fraction of sp³-hybridized carbons (Fsp3) is 0.533. The maximum atomic E-state index is 10.5. The third-order valence-electron chi connectivity index (χ3n) is 4.53. The summed E-state index contributed by atoms with van der Waals surface area (Å²) in [5, 5.41) is 20.5. The van der Waals surface area contributed by atoms with Gasteiger partial charge in [-0.15, -0.1) is 0 Å². The van der Waals surface area contributed by atoms with Gasteiger partial charge < -0.3 is 10.2 Å². The van der Waals surface area contributed by atoms with E-state index < -0.39 is 6.10 Å². The lowest BCUT2D eigenvalue weighted by molar-refractivity contribution is 0.0880. The molecule has 2 N–H and O–H groups in total. The number of pyridine rings is 1. The highest BCUT2D eigenvalue weighted by Crippen LogP contribution is 2.58. The average molecular weight is 245 g/mol. The number of hydrogen-bond acceptors (Lipinski definition) is 3. The molecule has 2 aliphatic carbocycles. The molecule has 0 spiro atoms. The van der Waals surface area contributed by atoms with Gasteiger partial charge in [-0.3, -0.25) is 4.98 Å². The zero-order valence-corrected chi connectivity index (χ0v) is 10.8. The van der Waals surface area contributed by atoms with Crippen molar-refractivity contribution in [1.82, 2.24) is 4.98 Å². The number of aromatic hydroxyl groups is 1. The molecular weight excluding hydrogens is 226 g/mol. The van der Waals surface area contributed by atoms with Gasteiger partial charge in [-0.25, -0.2) is 0 Å². The molecule has 0 saturated heterocycles. The third kappa shape index (κ3) is 1.50. The van der Waals surface area contributed by atoms with E-state index in [1.165, 1.54) is 6.20 Å². The summed E-state index contributed by atoms with van der Waals surface area (Å²) < 4.78 is 0. The minimum atomic E-state index is -0.531. The zero-order chi connectivity index (χ0) is 13.1. The summed E-state index contributed by atoms with van der Waals surface area (Å²) in [7, 11) is 0. The van der Waals surface area contributed by atoms with Gasteiger partial charge in [0.05, 0.1) is 12.3 Å². The summed E-state index contributed by atoms with van der Waals surface area (Å²) >= 11 is 0. The first-order chi connectivity index (χ1) is 8.41. The Labute approximate surface area is 107 Å². The second kappa shape index (κ2) is 3.58. The van der Waals surface area contributed by atoms with Crippen molar-refractivity contribution < 1.29 is 10.2 Å². The molecule has 1 aromatic rings. The molecule has 3 heteroatoms. The highest BCUT2D eigenvalue weighted by Gasteiger charge is 2.48. The fourth-order valence-corrected chi connectivity index (χ4v) is 3.78. The second-order valence-corrected chi connectivity index (χ2v) is 6.44. The lowest BCUT2D eigenvalue weighted by Crippen LogP contribution is -2.24. The Bertz CT molecular complexity index is 521. The van der Waals surface area contributed by atoms with Crippen molar-refractivity contribution in [2.24, 2.45) is 17.3 Å². The predicted octanol–water partition coefficient (Wildman–Crippen LogP) is 2.90. The van der Waals surface area contributed by atoms with Crippen molar-refractivity contribution >= 4 is 5.57 Å². The van der Waals surface area contributed by atoms with Crippen LogP contribution in [0.5, 0.6) is 5.75 Å². The number of fused-ring (bicyclic) bond motifs is 2. The van der Waals surface area contributed by atoms with Crippen LogP contribution in [0.3, 0.4) is 0 Å². The molecule has 3 rings (SSSR count). The van der Waals surface area contributed by atoms with E-state index in [-0.39, 0.29) is 23.0 Å². The number of nitrogens with zero attached hydrogens (tertiary/aromatic N) is 1. The van der Waals surface area contributed by atoms with E-state index in [2.05, 4.69) is 25.4 Å². The summed E-state index contributed by atoms with van der Waals surface area (Å²) in [6.07, 6.45) is 4.57. The number of allylic oxidation sites excluding steroid dienone is 1. The van der Waals surface area contributed by atoms with Crippen molar-refractivity contribution in [2.45, 2.75) is 32.8 Å². The van der Waals surface area contributed by atoms with Gasteiger partial charge in [0.1, 0.15) is 5.75 Å². The van der Waals surface area contributed by atoms with E-state index in [4.69, 9.17) is 0 Å². The highest BCUT2D eigenvalue weighted by molar-refractivity contribution is 5.75. The minimum Gasteiger partial charge on any atom is -0.506 e. The second-order valence-electron chi connectivity index (χ2n) is 6.44. The molecule has 0 aromatic carbocycles. The van der Waals surface area contributed by atoms with Gasteiger partial charge in [0.15, 0.2) is 0 Å². The Morgan fingerprint density at radius 2 is 2.06 bits per heavy atom. The SMILES string of the molecule is C=C1c2c(O)cncc2[C@@H](O)[C@@H]2CC(C)(C)C[C@H]12. The summed E-state index contributed by atoms with van der Waals surface area (Å²) in [5.41, 5.74) is 2.64. The van der Waals surface area contributed by atoms with Crippen LogP contribution in [0.15, 0.2) is 19.0 Å². The van der Waals surface area contributed by atoms with E-state index in [0.717, 1.165) is 29.5 Å². The van der Waals surface area contributed by atoms with E-state index in [9.17, 15) is 10.2 Å². The van der Waals surface area contributed by atoms with Gasteiger partial charge in [0.2, 0.25) is 0 Å². The Morgan fingerprint density at radius 1 is 1.33 bits per heavy atom. The molecule has 18 heavy (non-hydrogen) atoms. The Balaban J connectivity index is 2.13. The Kier molecular flexibility index (Phi) is 2.33. The van der Waals surface area contributed by atoms with Crippen LogP contribution in [0, 0.1) is 17.3 Å². The normalized spacial score (nSPS) is 33.1. The first-order valence-corrected chi connectivity index (χ1v) is 6.45. The maximum absolute atomic E-state index is 10.5. The first kappa shape index (κ1) is 11.7. The third-order valence-corrected chi connectivity index (χ3v) is 4.53. The summed E-state index contributed by atoms with van der Waals surface area (Å²) in [6, 6.07) is 0. The average Bonchev–Trinajstić information content (AvgIpc) is 2.62. The molecule has 3 atom stereocenters. The number of rotatable bonds is 0. The van der Waals surface area contributed by atoms with Gasteiger partial charge in [-0.2, -0.15) is 0 Å². The van der Waals surface area contributed by atoms with Gasteiger partial charge in [0, 0.05) is 17.3 Å². The molecule has 1 aromatic heterocycles. The van der Waals surface area contributed by atoms with E-state index in [0.29, 0.717) is 0 Å².